The summed E-state index contributed by atoms with van der Waals surface area (Å²) >= 11 is 6.37. The van der Waals surface area contributed by atoms with Gasteiger partial charge in [-0.2, -0.15) is 0 Å². The summed E-state index contributed by atoms with van der Waals surface area (Å²) in [5.41, 5.74) is 4.90. The lowest BCUT2D eigenvalue weighted by Crippen LogP contribution is -2.38. The van der Waals surface area contributed by atoms with E-state index < -0.39 is 0 Å². The number of rotatable bonds is 11. The van der Waals surface area contributed by atoms with Gasteiger partial charge in [0.05, 0.1) is 11.0 Å². The molecular formula is C32H38ClN3O. The SMILES string of the molecule is O=c1n(CCCCc2ccccc2)c2cc(Cl)ccc2n1C1CCN(CCCCc2ccccc2)CC1. The molecule has 194 valence electrons. The van der Waals surface area contributed by atoms with E-state index in [0.717, 1.165) is 75.7 Å². The van der Waals surface area contributed by atoms with Gasteiger partial charge in [-0.25, -0.2) is 4.79 Å². The second-order valence-electron chi connectivity index (χ2n) is 10.4. The number of hydrogen-bond donors (Lipinski definition) is 0. The molecule has 5 rings (SSSR count). The van der Waals surface area contributed by atoms with Crippen LogP contribution in [-0.4, -0.2) is 33.7 Å². The maximum Gasteiger partial charge on any atom is 0.329 e. The number of benzene rings is 3. The van der Waals surface area contributed by atoms with E-state index in [9.17, 15) is 4.79 Å². The lowest BCUT2D eigenvalue weighted by Gasteiger charge is -2.32. The Labute approximate surface area is 225 Å². The molecule has 1 aromatic heterocycles. The van der Waals surface area contributed by atoms with Crippen molar-refractivity contribution in [1.82, 2.24) is 14.0 Å². The van der Waals surface area contributed by atoms with Crippen molar-refractivity contribution in [1.29, 1.82) is 0 Å². The smallest absolute Gasteiger partial charge is 0.303 e. The first-order valence-electron chi connectivity index (χ1n) is 13.9. The van der Waals surface area contributed by atoms with Crippen molar-refractivity contribution in [3.63, 3.8) is 0 Å². The Balaban J connectivity index is 1.18. The van der Waals surface area contributed by atoms with E-state index in [1.165, 1.54) is 24.0 Å². The summed E-state index contributed by atoms with van der Waals surface area (Å²) in [7, 11) is 0. The first kappa shape index (κ1) is 25.8. The normalized spacial score (nSPS) is 14.9. The van der Waals surface area contributed by atoms with E-state index in [-0.39, 0.29) is 11.7 Å². The summed E-state index contributed by atoms with van der Waals surface area (Å²) in [6.07, 6.45) is 8.72. The molecule has 0 atom stereocenters. The van der Waals surface area contributed by atoms with Crippen LogP contribution in [0.1, 0.15) is 55.7 Å². The zero-order chi connectivity index (χ0) is 25.5. The van der Waals surface area contributed by atoms with Crippen LogP contribution in [0.5, 0.6) is 0 Å². The van der Waals surface area contributed by atoms with Crippen molar-refractivity contribution in [2.24, 2.45) is 0 Å². The Kier molecular flexibility index (Phi) is 8.80. The molecule has 1 aliphatic rings. The Morgan fingerprint density at radius 2 is 1.30 bits per heavy atom. The van der Waals surface area contributed by atoms with Gasteiger partial charge < -0.3 is 4.90 Å². The van der Waals surface area contributed by atoms with Gasteiger partial charge in [-0.15, -0.1) is 0 Å². The average Bonchev–Trinajstić information content (AvgIpc) is 3.21. The van der Waals surface area contributed by atoms with Crippen molar-refractivity contribution in [2.45, 2.75) is 64.0 Å². The van der Waals surface area contributed by atoms with Gasteiger partial charge in [-0.05, 0) is 87.2 Å². The molecule has 0 N–H and O–H groups in total. The predicted octanol–water partition coefficient (Wildman–Crippen LogP) is 7.14. The van der Waals surface area contributed by atoms with Crippen LogP contribution in [0.3, 0.4) is 0 Å². The fraction of sp³-hybridized carbons (Fsp3) is 0.406. The Morgan fingerprint density at radius 1 is 0.703 bits per heavy atom. The molecule has 2 heterocycles. The second kappa shape index (κ2) is 12.6. The van der Waals surface area contributed by atoms with Gasteiger partial charge in [0.1, 0.15) is 0 Å². The molecule has 4 aromatic rings. The molecule has 0 aliphatic carbocycles. The van der Waals surface area contributed by atoms with Gasteiger partial charge in [0.2, 0.25) is 0 Å². The third-order valence-electron chi connectivity index (χ3n) is 7.82. The highest BCUT2D eigenvalue weighted by atomic mass is 35.5. The fourth-order valence-electron chi connectivity index (χ4n) is 5.78. The largest absolute Gasteiger partial charge is 0.329 e. The zero-order valence-electron chi connectivity index (χ0n) is 21.7. The molecule has 0 unspecified atom stereocenters. The minimum Gasteiger partial charge on any atom is -0.303 e. The molecule has 3 aromatic carbocycles. The van der Waals surface area contributed by atoms with Crippen molar-refractivity contribution in [3.05, 3.63) is 105 Å². The van der Waals surface area contributed by atoms with E-state index in [2.05, 4.69) is 70.1 Å². The number of aromatic nitrogens is 2. The molecule has 37 heavy (non-hydrogen) atoms. The van der Waals surface area contributed by atoms with Crippen LogP contribution in [0, 0.1) is 0 Å². The van der Waals surface area contributed by atoms with Crippen molar-refractivity contribution < 1.29 is 0 Å². The highest BCUT2D eigenvalue weighted by molar-refractivity contribution is 6.31. The van der Waals surface area contributed by atoms with Crippen LogP contribution in [0.2, 0.25) is 5.02 Å². The topological polar surface area (TPSA) is 30.2 Å². The summed E-state index contributed by atoms with van der Waals surface area (Å²) < 4.78 is 4.03. The molecule has 0 radical (unpaired) electrons. The van der Waals surface area contributed by atoms with Gasteiger partial charge >= 0.3 is 5.69 Å². The molecule has 0 saturated carbocycles. The van der Waals surface area contributed by atoms with Crippen molar-refractivity contribution in [3.8, 4) is 0 Å². The van der Waals surface area contributed by atoms with Gasteiger partial charge in [0.25, 0.3) is 0 Å². The van der Waals surface area contributed by atoms with Crippen LogP contribution in [0.25, 0.3) is 11.0 Å². The highest BCUT2D eigenvalue weighted by Crippen LogP contribution is 2.28. The molecule has 5 heteroatoms. The zero-order valence-corrected chi connectivity index (χ0v) is 22.5. The van der Waals surface area contributed by atoms with Crippen LogP contribution < -0.4 is 5.69 Å². The maximum atomic E-state index is 13.7. The van der Waals surface area contributed by atoms with Crippen LogP contribution >= 0.6 is 11.6 Å². The number of likely N-dealkylation sites (tertiary alicyclic amines) is 1. The van der Waals surface area contributed by atoms with Crippen LogP contribution in [-0.2, 0) is 19.4 Å². The monoisotopic (exact) mass is 515 g/mol. The number of fused-ring (bicyclic) bond motifs is 1. The number of nitrogens with zero attached hydrogens (tertiary/aromatic N) is 3. The average molecular weight is 516 g/mol. The number of imidazole rings is 1. The quantitative estimate of drug-likeness (QED) is 0.199. The molecule has 0 bridgehead atoms. The van der Waals surface area contributed by atoms with Gasteiger partial charge in [0.15, 0.2) is 0 Å². The molecule has 0 amide bonds. The highest BCUT2D eigenvalue weighted by Gasteiger charge is 2.25. The summed E-state index contributed by atoms with van der Waals surface area (Å²) in [5.74, 6) is 0. The van der Waals surface area contributed by atoms with Gasteiger partial charge in [0, 0.05) is 30.7 Å². The third kappa shape index (κ3) is 6.55. The van der Waals surface area contributed by atoms with E-state index in [1.54, 1.807) is 0 Å². The summed E-state index contributed by atoms with van der Waals surface area (Å²) in [6.45, 7) is 3.99. The minimum absolute atomic E-state index is 0.123. The first-order valence-corrected chi connectivity index (χ1v) is 14.3. The minimum atomic E-state index is 0.123. The van der Waals surface area contributed by atoms with E-state index in [0.29, 0.717) is 5.02 Å². The molecule has 0 spiro atoms. The fourth-order valence-corrected chi connectivity index (χ4v) is 5.94. The molecule has 1 aliphatic heterocycles. The summed E-state index contributed by atoms with van der Waals surface area (Å²) in [4.78, 5) is 16.2. The molecule has 1 fully saturated rings. The van der Waals surface area contributed by atoms with E-state index in [4.69, 9.17) is 11.6 Å². The Hall–Kier alpha value is -2.82. The first-order chi connectivity index (χ1) is 18.2. The lowest BCUT2D eigenvalue weighted by molar-refractivity contribution is 0.183. The molecule has 1 saturated heterocycles. The number of halogens is 1. The molecule has 4 nitrogen and oxygen atoms in total. The maximum absolute atomic E-state index is 13.7. The van der Waals surface area contributed by atoms with Crippen LogP contribution in [0.15, 0.2) is 83.7 Å². The van der Waals surface area contributed by atoms with Crippen molar-refractivity contribution in [2.75, 3.05) is 19.6 Å². The third-order valence-corrected chi connectivity index (χ3v) is 8.05. The lowest BCUT2D eigenvalue weighted by atomic mass is 10.0. The number of unbranched alkanes of at least 4 members (excludes halogenated alkanes) is 2. The predicted molar refractivity (Wildman–Crippen MR) is 155 cm³/mol. The number of hydrogen-bond acceptors (Lipinski definition) is 2. The Morgan fingerprint density at radius 3 is 1.92 bits per heavy atom. The second-order valence-corrected chi connectivity index (χ2v) is 10.8. The molecular weight excluding hydrogens is 478 g/mol. The van der Waals surface area contributed by atoms with Crippen molar-refractivity contribution >= 4 is 22.6 Å². The summed E-state index contributed by atoms with van der Waals surface area (Å²) in [6, 6.07) is 27.5. The van der Waals surface area contributed by atoms with Gasteiger partial charge in [-0.3, -0.25) is 9.13 Å². The van der Waals surface area contributed by atoms with E-state index in [1.807, 2.05) is 22.8 Å². The van der Waals surface area contributed by atoms with Gasteiger partial charge in [-0.1, -0.05) is 72.3 Å². The number of aryl methyl sites for hydroxylation is 3. The number of piperidine rings is 1. The van der Waals surface area contributed by atoms with Crippen LogP contribution in [0.4, 0.5) is 0 Å². The standard InChI is InChI=1S/C32H38ClN3O/c33-28-17-18-30-31(25-28)35(22-10-8-16-27-13-5-2-6-14-27)32(37)36(30)29-19-23-34(24-20-29)21-9-7-15-26-11-3-1-4-12-26/h1-6,11-14,17-18,25,29H,7-10,15-16,19-24H2. The van der Waals surface area contributed by atoms with E-state index >= 15 is 0 Å². The Bertz CT molecular complexity index is 1320. The summed E-state index contributed by atoms with van der Waals surface area (Å²) in [5, 5.41) is 0.688.